The fourth-order valence-corrected chi connectivity index (χ4v) is 7.21. The Balaban J connectivity index is 2.06. The lowest BCUT2D eigenvalue weighted by atomic mass is 9.49. The van der Waals surface area contributed by atoms with E-state index in [1.807, 2.05) is 0 Å². The molecule has 5 unspecified atom stereocenters. The predicted molar refractivity (Wildman–Crippen MR) is 109 cm³/mol. The summed E-state index contributed by atoms with van der Waals surface area (Å²) in [6.45, 7) is 16.8. The first kappa shape index (κ1) is 18.8. The van der Waals surface area contributed by atoms with Gasteiger partial charge in [0, 0.05) is 18.9 Å². The van der Waals surface area contributed by atoms with Gasteiger partial charge in [-0.1, -0.05) is 66.5 Å². The smallest absolute Gasteiger partial charge is 0.0330 e. The fraction of sp³-hybridized carbons (Fsp3) is 0.750. The van der Waals surface area contributed by atoms with E-state index in [0.717, 1.165) is 23.5 Å². The van der Waals surface area contributed by atoms with E-state index in [1.54, 1.807) is 5.57 Å². The standard InChI is InChI=1S/C24H39N/c1-17(2)15-23(6)22(21-12-11-20(5)25(7)16-21)14-19(4)24(23)13-9-8-10-18(24)3/h11-12,16-19,22H,5,8-10,13-15H2,1-4,6-7H3. The van der Waals surface area contributed by atoms with Crippen molar-refractivity contribution < 1.29 is 0 Å². The lowest BCUT2D eigenvalue weighted by Crippen LogP contribution is -2.49. The average Bonchev–Trinajstić information content (AvgIpc) is 2.74. The molecule has 0 saturated heterocycles. The number of hydrogen-bond donors (Lipinski definition) is 0. The maximum atomic E-state index is 4.15. The Morgan fingerprint density at radius 3 is 2.52 bits per heavy atom. The molecule has 2 aliphatic carbocycles. The lowest BCUT2D eigenvalue weighted by molar-refractivity contribution is -0.0618. The van der Waals surface area contributed by atoms with Crippen LogP contribution in [0.1, 0.15) is 73.1 Å². The summed E-state index contributed by atoms with van der Waals surface area (Å²) in [6, 6.07) is 0. The second-order valence-electron chi connectivity index (χ2n) is 9.96. The van der Waals surface area contributed by atoms with Crippen molar-refractivity contribution in [3.05, 3.63) is 36.2 Å². The summed E-state index contributed by atoms with van der Waals surface area (Å²) in [5.41, 5.74) is 3.55. The highest BCUT2D eigenvalue weighted by atomic mass is 15.1. The van der Waals surface area contributed by atoms with Crippen molar-refractivity contribution >= 4 is 0 Å². The van der Waals surface area contributed by atoms with Crippen molar-refractivity contribution in [2.75, 3.05) is 7.05 Å². The fourth-order valence-electron chi connectivity index (χ4n) is 7.21. The molecule has 0 aromatic heterocycles. The molecule has 3 rings (SSSR count). The largest absolute Gasteiger partial charge is 0.351 e. The van der Waals surface area contributed by atoms with E-state index < -0.39 is 0 Å². The molecule has 0 amide bonds. The minimum atomic E-state index is 0.399. The second kappa shape index (κ2) is 6.63. The summed E-state index contributed by atoms with van der Waals surface area (Å²) in [6.07, 6.45) is 15.4. The second-order valence-corrected chi connectivity index (χ2v) is 9.96. The first-order chi connectivity index (χ1) is 11.7. The monoisotopic (exact) mass is 341 g/mol. The van der Waals surface area contributed by atoms with Crippen LogP contribution in [0, 0.1) is 34.5 Å². The molecular weight excluding hydrogens is 302 g/mol. The van der Waals surface area contributed by atoms with Crippen LogP contribution < -0.4 is 0 Å². The van der Waals surface area contributed by atoms with Gasteiger partial charge in [0.1, 0.15) is 0 Å². The van der Waals surface area contributed by atoms with E-state index in [-0.39, 0.29) is 0 Å². The molecule has 0 radical (unpaired) electrons. The maximum absolute atomic E-state index is 4.15. The van der Waals surface area contributed by atoms with Crippen LogP contribution in [-0.2, 0) is 0 Å². The Bertz CT molecular complexity index is 583. The molecular formula is C24H39N. The van der Waals surface area contributed by atoms with Crippen molar-refractivity contribution in [3.63, 3.8) is 0 Å². The molecule has 1 heteroatoms. The minimum Gasteiger partial charge on any atom is -0.351 e. The van der Waals surface area contributed by atoms with Gasteiger partial charge < -0.3 is 4.90 Å². The molecule has 1 aliphatic heterocycles. The molecule has 2 saturated carbocycles. The highest BCUT2D eigenvalue weighted by Gasteiger charge is 2.63. The van der Waals surface area contributed by atoms with Crippen LogP contribution in [0.4, 0.5) is 0 Å². The van der Waals surface area contributed by atoms with Crippen LogP contribution in [0.2, 0.25) is 0 Å². The van der Waals surface area contributed by atoms with Crippen molar-refractivity contribution in [1.82, 2.24) is 4.90 Å². The van der Waals surface area contributed by atoms with Crippen LogP contribution in [0.15, 0.2) is 36.2 Å². The van der Waals surface area contributed by atoms with Crippen LogP contribution in [0.5, 0.6) is 0 Å². The summed E-state index contributed by atoms with van der Waals surface area (Å²) < 4.78 is 0. The molecule has 2 fully saturated rings. The third-order valence-electron chi connectivity index (χ3n) is 8.16. The van der Waals surface area contributed by atoms with Gasteiger partial charge in [0.2, 0.25) is 0 Å². The van der Waals surface area contributed by atoms with Gasteiger partial charge in [0.05, 0.1) is 0 Å². The molecule has 0 bridgehead atoms. The van der Waals surface area contributed by atoms with Gasteiger partial charge in [-0.15, -0.1) is 0 Å². The Morgan fingerprint density at radius 1 is 1.20 bits per heavy atom. The third-order valence-corrected chi connectivity index (χ3v) is 8.16. The highest BCUT2D eigenvalue weighted by molar-refractivity contribution is 5.36. The summed E-state index contributed by atoms with van der Waals surface area (Å²) >= 11 is 0. The molecule has 1 spiro atoms. The number of hydrogen-bond acceptors (Lipinski definition) is 1. The van der Waals surface area contributed by atoms with Crippen molar-refractivity contribution in [2.45, 2.75) is 73.1 Å². The summed E-state index contributed by atoms with van der Waals surface area (Å²) in [5.74, 6) is 3.11. The molecule has 1 heterocycles. The number of likely N-dealkylation sites (N-methyl/N-ethyl adjacent to an activating group) is 1. The molecule has 25 heavy (non-hydrogen) atoms. The topological polar surface area (TPSA) is 3.24 Å². The molecule has 0 N–H and O–H groups in total. The van der Waals surface area contributed by atoms with E-state index in [1.165, 1.54) is 38.5 Å². The van der Waals surface area contributed by atoms with Gasteiger partial charge in [0.15, 0.2) is 0 Å². The van der Waals surface area contributed by atoms with Crippen LogP contribution in [0.3, 0.4) is 0 Å². The highest BCUT2D eigenvalue weighted by Crippen LogP contribution is 2.70. The number of allylic oxidation sites excluding steroid dienone is 3. The summed E-state index contributed by atoms with van der Waals surface area (Å²) in [7, 11) is 2.14. The first-order valence-electron chi connectivity index (χ1n) is 10.5. The quantitative estimate of drug-likeness (QED) is 0.546. The first-order valence-corrected chi connectivity index (χ1v) is 10.5. The van der Waals surface area contributed by atoms with E-state index in [2.05, 4.69) is 71.5 Å². The molecule has 0 aromatic carbocycles. The Kier molecular flexibility index (Phi) is 4.99. The minimum absolute atomic E-state index is 0.399. The van der Waals surface area contributed by atoms with Crippen molar-refractivity contribution in [1.29, 1.82) is 0 Å². The van der Waals surface area contributed by atoms with Crippen LogP contribution >= 0.6 is 0 Å². The molecule has 0 aromatic rings. The Morgan fingerprint density at radius 2 is 1.92 bits per heavy atom. The number of rotatable bonds is 3. The molecule has 5 atom stereocenters. The van der Waals surface area contributed by atoms with Gasteiger partial charge in [0.25, 0.3) is 0 Å². The molecule has 1 nitrogen and oxygen atoms in total. The zero-order chi connectivity index (χ0) is 18.4. The average molecular weight is 342 g/mol. The van der Waals surface area contributed by atoms with Gasteiger partial charge >= 0.3 is 0 Å². The Labute approximate surface area is 156 Å². The predicted octanol–water partition coefficient (Wildman–Crippen LogP) is 6.79. The van der Waals surface area contributed by atoms with E-state index in [9.17, 15) is 0 Å². The van der Waals surface area contributed by atoms with Crippen molar-refractivity contribution in [3.8, 4) is 0 Å². The van der Waals surface area contributed by atoms with Gasteiger partial charge in [-0.25, -0.2) is 0 Å². The van der Waals surface area contributed by atoms with Crippen LogP contribution in [-0.4, -0.2) is 11.9 Å². The van der Waals surface area contributed by atoms with E-state index in [0.29, 0.717) is 16.7 Å². The normalized spacial score (nSPS) is 41.7. The lowest BCUT2D eigenvalue weighted by Gasteiger charge is -2.56. The van der Waals surface area contributed by atoms with Gasteiger partial charge in [-0.2, -0.15) is 0 Å². The van der Waals surface area contributed by atoms with E-state index >= 15 is 0 Å². The summed E-state index contributed by atoms with van der Waals surface area (Å²) in [5, 5.41) is 0. The molecule has 3 aliphatic rings. The summed E-state index contributed by atoms with van der Waals surface area (Å²) in [4.78, 5) is 2.21. The van der Waals surface area contributed by atoms with Crippen molar-refractivity contribution in [2.24, 2.45) is 34.5 Å². The third kappa shape index (κ3) is 2.82. The van der Waals surface area contributed by atoms with Crippen LogP contribution in [0.25, 0.3) is 0 Å². The maximum Gasteiger partial charge on any atom is 0.0330 e. The van der Waals surface area contributed by atoms with E-state index in [4.69, 9.17) is 0 Å². The van der Waals surface area contributed by atoms with Gasteiger partial charge in [-0.3, -0.25) is 0 Å². The molecule has 140 valence electrons. The van der Waals surface area contributed by atoms with Gasteiger partial charge in [-0.05, 0) is 65.4 Å². The zero-order valence-electron chi connectivity index (χ0n) is 17.4. The Hall–Kier alpha value is -0.980. The number of nitrogens with zero attached hydrogens (tertiary/aromatic N) is 1. The zero-order valence-corrected chi connectivity index (χ0v) is 17.4. The SMILES string of the molecule is C=C1C=CC(C2CC(C)C3(CCCCC3C)C2(C)CC(C)C)=CN1C.